The lowest BCUT2D eigenvalue weighted by Gasteiger charge is -2.49. The number of non-ortho nitro benzene ring substituents is 1. The summed E-state index contributed by atoms with van der Waals surface area (Å²) in [4.78, 5) is 28.6. The van der Waals surface area contributed by atoms with Crippen LogP contribution in [-0.2, 0) is 11.2 Å². The van der Waals surface area contributed by atoms with Crippen LogP contribution in [0.15, 0.2) is 42.5 Å². The summed E-state index contributed by atoms with van der Waals surface area (Å²) < 4.78 is 0. The molecule has 5 rings (SSSR count). The van der Waals surface area contributed by atoms with Crippen LogP contribution in [0.2, 0.25) is 0 Å². The highest BCUT2D eigenvalue weighted by Crippen LogP contribution is 2.39. The first-order valence-corrected chi connectivity index (χ1v) is 11.1. The number of nitrogens with zero attached hydrogens (tertiary/aromatic N) is 4. The van der Waals surface area contributed by atoms with E-state index in [1.165, 1.54) is 0 Å². The maximum atomic E-state index is 13.2. The number of nitro groups is 1. The number of nitriles is 1. The fraction of sp³-hybridized carbons (Fsp3) is 0.417. The Bertz CT molecular complexity index is 1110. The van der Waals surface area contributed by atoms with E-state index in [0.29, 0.717) is 44.1 Å². The molecule has 8 heteroatoms. The highest BCUT2D eigenvalue weighted by molar-refractivity contribution is 5.82. The Morgan fingerprint density at radius 1 is 1.19 bits per heavy atom. The van der Waals surface area contributed by atoms with Gasteiger partial charge in [0.2, 0.25) is 5.91 Å². The second kappa shape index (κ2) is 8.15. The van der Waals surface area contributed by atoms with Crippen LogP contribution in [0.4, 0.5) is 17.1 Å². The van der Waals surface area contributed by atoms with Crippen LogP contribution < -0.4 is 15.1 Å². The molecule has 1 amide bonds. The quantitative estimate of drug-likeness (QED) is 0.577. The van der Waals surface area contributed by atoms with Crippen molar-refractivity contribution in [1.29, 1.82) is 5.26 Å². The molecule has 0 bridgehead atoms. The van der Waals surface area contributed by atoms with Crippen molar-refractivity contribution in [2.24, 2.45) is 11.8 Å². The van der Waals surface area contributed by atoms with E-state index in [1.54, 1.807) is 12.1 Å². The van der Waals surface area contributed by atoms with Crippen molar-refractivity contribution in [3.63, 3.8) is 0 Å². The summed E-state index contributed by atoms with van der Waals surface area (Å²) in [6, 6.07) is 14.7. The third-order valence-corrected chi connectivity index (χ3v) is 6.87. The Hall–Kier alpha value is -3.60. The Kier molecular flexibility index (Phi) is 5.17. The first-order valence-electron chi connectivity index (χ1n) is 11.1. The topological polar surface area (TPSA) is 103 Å². The number of carbonyl (C=O) groups excluding carboxylic acids is 1. The molecular formula is C24H25N5O3. The molecule has 1 saturated heterocycles. The average Bonchev–Trinajstić information content (AvgIpc) is 3.65. The Labute approximate surface area is 186 Å². The van der Waals surface area contributed by atoms with Gasteiger partial charge in [-0.2, -0.15) is 5.26 Å². The van der Waals surface area contributed by atoms with Gasteiger partial charge in [0.15, 0.2) is 0 Å². The minimum absolute atomic E-state index is 0.0134. The monoisotopic (exact) mass is 431 g/mol. The zero-order valence-corrected chi connectivity index (χ0v) is 17.7. The number of hydrogen-bond donors (Lipinski definition) is 1. The van der Waals surface area contributed by atoms with Gasteiger partial charge in [-0.15, -0.1) is 0 Å². The van der Waals surface area contributed by atoms with Gasteiger partial charge in [-0.25, -0.2) is 0 Å². The molecule has 32 heavy (non-hydrogen) atoms. The maximum Gasteiger partial charge on any atom is 0.269 e. The number of fused-ring (bicyclic) bond motifs is 3. The third-order valence-electron chi connectivity index (χ3n) is 6.87. The Balaban J connectivity index is 1.47. The van der Waals surface area contributed by atoms with Gasteiger partial charge < -0.3 is 15.1 Å². The second-order valence-electron chi connectivity index (χ2n) is 8.90. The molecule has 2 heterocycles. The minimum atomic E-state index is -0.384. The molecule has 2 aromatic rings. The fourth-order valence-corrected chi connectivity index (χ4v) is 4.98. The summed E-state index contributed by atoms with van der Waals surface area (Å²) in [6.07, 6.45) is 2.80. The number of nitro benzene ring substituents is 1. The van der Waals surface area contributed by atoms with E-state index < -0.39 is 0 Å². The van der Waals surface area contributed by atoms with Crippen LogP contribution in [0.3, 0.4) is 0 Å². The van der Waals surface area contributed by atoms with Crippen molar-refractivity contribution >= 4 is 23.0 Å². The van der Waals surface area contributed by atoms with E-state index in [2.05, 4.69) is 21.2 Å². The van der Waals surface area contributed by atoms with Crippen molar-refractivity contribution in [3.8, 4) is 6.07 Å². The van der Waals surface area contributed by atoms with E-state index in [0.717, 1.165) is 29.8 Å². The maximum absolute atomic E-state index is 13.2. The molecular weight excluding hydrogens is 406 g/mol. The van der Waals surface area contributed by atoms with Gasteiger partial charge in [-0.3, -0.25) is 14.9 Å². The van der Waals surface area contributed by atoms with E-state index in [4.69, 9.17) is 0 Å². The third kappa shape index (κ3) is 3.75. The molecule has 1 aliphatic carbocycles. The summed E-state index contributed by atoms with van der Waals surface area (Å²) >= 11 is 0. The lowest BCUT2D eigenvalue weighted by Crippen LogP contribution is -2.61. The lowest BCUT2D eigenvalue weighted by atomic mass is 9.83. The summed E-state index contributed by atoms with van der Waals surface area (Å²) in [6.45, 7) is 2.71. The van der Waals surface area contributed by atoms with Crippen molar-refractivity contribution in [2.75, 3.05) is 36.0 Å². The van der Waals surface area contributed by atoms with Crippen LogP contribution in [0.5, 0.6) is 0 Å². The molecule has 2 aromatic carbocycles. The molecule has 0 unspecified atom stereocenters. The molecule has 1 saturated carbocycles. The average molecular weight is 431 g/mol. The van der Waals surface area contributed by atoms with Crippen LogP contribution in [0.1, 0.15) is 24.0 Å². The minimum Gasteiger partial charge on any atom is -0.367 e. The number of benzene rings is 2. The number of piperazine rings is 1. The predicted molar refractivity (Wildman–Crippen MR) is 121 cm³/mol. The van der Waals surface area contributed by atoms with Crippen LogP contribution in [0.25, 0.3) is 0 Å². The molecule has 0 radical (unpaired) electrons. The highest BCUT2D eigenvalue weighted by Gasteiger charge is 2.42. The number of anilines is 2. The zero-order chi connectivity index (χ0) is 22.2. The van der Waals surface area contributed by atoms with E-state index in [1.807, 2.05) is 30.3 Å². The van der Waals surface area contributed by atoms with Gasteiger partial charge in [-0.1, -0.05) is 12.1 Å². The smallest absolute Gasteiger partial charge is 0.269 e. The molecule has 164 valence electrons. The second-order valence-corrected chi connectivity index (χ2v) is 8.90. The molecule has 0 spiro atoms. The Morgan fingerprint density at radius 2 is 2.00 bits per heavy atom. The van der Waals surface area contributed by atoms with Crippen LogP contribution in [-0.4, -0.2) is 43.1 Å². The zero-order valence-electron chi connectivity index (χ0n) is 17.7. The summed E-state index contributed by atoms with van der Waals surface area (Å²) in [5, 5.41) is 24.0. The number of para-hydroxylation sites is 1. The van der Waals surface area contributed by atoms with Gasteiger partial charge in [0.1, 0.15) is 6.07 Å². The van der Waals surface area contributed by atoms with Crippen molar-refractivity contribution in [1.82, 2.24) is 5.32 Å². The number of rotatable bonds is 5. The van der Waals surface area contributed by atoms with Crippen LogP contribution in [0, 0.1) is 33.3 Å². The van der Waals surface area contributed by atoms with Gasteiger partial charge >= 0.3 is 0 Å². The molecule has 3 aliphatic rings. The van der Waals surface area contributed by atoms with Gasteiger partial charge in [-0.05, 0) is 48.9 Å². The van der Waals surface area contributed by atoms with Crippen molar-refractivity contribution in [3.05, 3.63) is 63.7 Å². The molecule has 2 atom stereocenters. The summed E-state index contributed by atoms with van der Waals surface area (Å²) in [5.41, 5.74) is 3.40. The number of hydrogen-bond acceptors (Lipinski definition) is 6. The number of nitrogens with one attached hydrogen (secondary N) is 1. The lowest BCUT2D eigenvalue weighted by molar-refractivity contribution is -0.384. The molecule has 1 N–H and O–H groups in total. The molecule has 8 nitrogen and oxygen atoms in total. The Morgan fingerprint density at radius 3 is 2.75 bits per heavy atom. The van der Waals surface area contributed by atoms with Crippen LogP contribution >= 0.6 is 0 Å². The standard InChI is InChI=1S/C24H25N5O3/c25-13-17-3-1-2-4-21(17)27-9-10-28-22-8-7-19(29(31)32)11-18(22)12-20(23(28)15-27)24(30)26-14-16-5-6-16/h1-4,7-8,11,16,20,23H,5-6,9-10,12,14-15H2,(H,26,30)/t20-,23+/m1/s1. The van der Waals surface area contributed by atoms with Crippen molar-refractivity contribution < 1.29 is 9.72 Å². The predicted octanol–water partition coefficient (Wildman–Crippen LogP) is 2.86. The SMILES string of the molecule is N#Cc1ccccc1N1CCN2c3ccc([N+](=O)[O-])cc3C[C@@H](C(=O)NCC3CC3)[C@@H]2C1. The molecule has 0 aromatic heterocycles. The van der Waals surface area contributed by atoms with E-state index in [-0.39, 0.29) is 28.5 Å². The largest absolute Gasteiger partial charge is 0.367 e. The van der Waals surface area contributed by atoms with Gasteiger partial charge in [0, 0.05) is 44.0 Å². The molecule has 2 aliphatic heterocycles. The fourth-order valence-electron chi connectivity index (χ4n) is 4.98. The highest BCUT2D eigenvalue weighted by atomic mass is 16.6. The molecule has 2 fully saturated rings. The normalized spacial score (nSPS) is 21.8. The first kappa shape index (κ1) is 20.3. The van der Waals surface area contributed by atoms with Gasteiger partial charge in [0.05, 0.1) is 28.1 Å². The number of carbonyl (C=O) groups is 1. The summed E-state index contributed by atoms with van der Waals surface area (Å²) in [5.74, 6) is 0.289. The van der Waals surface area contributed by atoms with E-state index in [9.17, 15) is 20.2 Å². The summed E-state index contributed by atoms with van der Waals surface area (Å²) in [7, 11) is 0. The first-order chi connectivity index (χ1) is 15.5. The van der Waals surface area contributed by atoms with Gasteiger partial charge in [0.25, 0.3) is 5.69 Å². The van der Waals surface area contributed by atoms with E-state index >= 15 is 0 Å². The van der Waals surface area contributed by atoms with Crippen molar-refractivity contribution in [2.45, 2.75) is 25.3 Å². The number of amides is 1.